The van der Waals surface area contributed by atoms with E-state index in [9.17, 15) is 18.0 Å². The van der Waals surface area contributed by atoms with E-state index < -0.39 is 11.9 Å². The van der Waals surface area contributed by atoms with Crippen LogP contribution in [0.4, 0.5) is 13.2 Å². The maximum atomic E-state index is 12.8. The van der Waals surface area contributed by atoms with Crippen LogP contribution < -0.4 is 10.4 Å². The number of halogens is 3. The van der Waals surface area contributed by atoms with Crippen LogP contribution >= 0.6 is 0 Å². The number of fused-ring (bicyclic) bond motifs is 1. The highest BCUT2D eigenvalue weighted by molar-refractivity contribution is 5.73. The number of benzene rings is 1. The summed E-state index contributed by atoms with van der Waals surface area (Å²) >= 11 is 0. The molecule has 0 atom stereocenters. The molecule has 0 spiro atoms. The Morgan fingerprint density at radius 3 is 2.48 bits per heavy atom. The highest BCUT2D eigenvalue weighted by atomic mass is 19.4. The molecule has 0 aliphatic carbocycles. The first-order chi connectivity index (χ1) is 13.8. The molecule has 150 valence electrons. The maximum absolute atomic E-state index is 12.8. The van der Waals surface area contributed by atoms with Gasteiger partial charge in [-0.1, -0.05) is 0 Å². The van der Waals surface area contributed by atoms with Crippen molar-refractivity contribution in [2.24, 2.45) is 7.05 Å². The summed E-state index contributed by atoms with van der Waals surface area (Å²) in [5.74, 6) is 0.288. The molecule has 0 saturated heterocycles. The second-order valence-electron chi connectivity index (χ2n) is 6.32. The first-order valence-electron chi connectivity index (χ1n) is 8.74. The highest BCUT2D eigenvalue weighted by Gasteiger charge is 2.34. The van der Waals surface area contributed by atoms with Crippen molar-refractivity contribution in [3.05, 3.63) is 65.0 Å². The van der Waals surface area contributed by atoms with E-state index in [1.807, 2.05) is 13.0 Å². The van der Waals surface area contributed by atoms with Gasteiger partial charge in [0, 0.05) is 26.0 Å². The molecule has 0 aliphatic heterocycles. The fourth-order valence-corrected chi connectivity index (χ4v) is 3.07. The largest absolute Gasteiger partial charge is 0.435 e. The molecule has 0 bridgehead atoms. The number of hydrogen-bond acceptors (Lipinski definition) is 4. The Labute approximate surface area is 162 Å². The van der Waals surface area contributed by atoms with E-state index in [0.717, 1.165) is 10.8 Å². The normalized spacial score (nSPS) is 11.9. The Bertz CT molecular complexity index is 1240. The van der Waals surface area contributed by atoms with E-state index >= 15 is 0 Å². The fourth-order valence-electron chi connectivity index (χ4n) is 3.07. The monoisotopic (exact) mass is 403 g/mol. The van der Waals surface area contributed by atoms with Crippen LogP contribution in [0.15, 0.2) is 53.6 Å². The Morgan fingerprint density at radius 2 is 1.86 bits per heavy atom. The second kappa shape index (κ2) is 6.80. The number of rotatable bonds is 4. The van der Waals surface area contributed by atoms with Crippen LogP contribution in [0.5, 0.6) is 11.8 Å². The van der Waals surface area contributed by atoms with Gasteiger partial charge >= 0.3 is 17.9 Å². The maximum Gasteiger partial charge on any atom is 0.435 e. The lowest BCUT2D eigenvalue weighted by atomic mass is 10.3. The van der Waals surface area contributed by atoms with Gasteiger partial charge in [-0.2, -0.15) is 18.2 Å². The van der Waals surface area contributed by atoms with Crippen molar-refractivity contribution in [3.63, 3.8) is 0 Å². The van der Waals surface area contributed by atoms with E-state index in [4.69, 9.17) is 4.74 Å². The molecule has 4 rings (SSSR count). The minimum atomic E-state index is -4.55. The van der Waals surface area contributed by atoms with Crippen molar-refractivity contribution >= 4 is 11.2 Å². The predicted octanol–water partition coefficient (Wildman–Crippen LogP) is 3.75. The van der Waals surface area contributed by atoms with Gasteiger partial charge in [0.25, 0.3) is 0 Å². The molecule has 3 heterocycles. The van der Waals surface area contributed by atoms with Crippen LogP contribution in [0.25, 0.3) is 16.9 Å². The molecular formula is C19H16F3N5O2. The van der Waals surface area contributed by atoms with Crippen LogP contribution in [0.3, 0.4) is 0 Å². The summed E-state index contributed by atoms with van der Waals surface area (Å²) in [7, 11) is 1.41. The van der Waals surface area contributed by atoms with Crippen molar-refractivity contribution in [1.29, 1.82) is 0 Å². The van der Waals surface area contributed by atoms with Gasteiger partial charge < -0.3 is 9.30 Å². The quantitative estimate of drug-likeness (QED) is 0.521. The van der Waals surface area contributed by atoms with Gasteiger partial charge in [0.1, 0.15) is 5.75 Å². The third kappa shape index (κ3) is 3.26. The number of imidazole rings is 2. The molecule has 0 aliphatic rings. The van der Waals surface area contributed by atoms with E-state index in [-0.39, 0.29) is 17.4 Å². The van der Waals surface area contributed by atoms with Crippen LogP contribution in [-0.4, -0.2) is 23.7 Å². The average Bonchev–Trinajstić information content (AvgIpc) is 3.19. The molecule has 0 N–H and O–H groups in total. The number of pyridine rings is 1. The van der Waals surface area contributed by atoms with Crippen LogP contribution in [0, 0.1) is 0 Å². The first kappa shape index (κ1) is 18.8. The van der Waals surface area contributed by atoms with Crippen molar-refractivity contribution in [1.82, 2.24) is 23.7 Å². The molecule has 29 heavy (non-hydrogen) atoms. The second-order valence-corrected chi connectivity index (χ2v) is 6.32. The Hall–Kier alpha value is -3.56. The lowest BCUT2D eigenvalue weighted by Gasteiger charge is -2.07. The number of aryl methyl sites for hydroxylation is 2. The summed E-state index contributed by atoms with van der Waals surface area (Å²) in [5.41, 5.74) is 0.541. The lowest BCUT2D eigenvalue weighted by Crippen LogP contribution is -2.22. The molecule has 3 aromatic heterocycles. The van der Waals surface area contributed by atoms with Gasteiger partial charge in [-0.15, -0.1) is 0 Å². The summed E-state index contributed by atoms with van der Waals surface area (Å²) in [6.07, 6.45) is -2.09. The first-order valence-corrected chi connectivity index (χ1v) is 8.74. The van der Waals surface area contributed by atoms with E-state index in [1.54, 1.807) is 41.1 Å². The molecule has 7 nitrogen and oxygen atoms in total. The van der Waals surface area contributed by atoms with Crippen LogP contribution in [0.2, 0.25) is 0 Å². The van der Waals surface area contributed by atoms with Crippen molar-refractivity contribution < 1.29 is 17.9 Å². The highest BCUT2D eigenvalue weighted by Crippen LogP contribution is 2.31. The third-order valence-corrected chi connectivity index (χ3v) is 4.44. The van der Waals surface area contributed by atoms with Crippen molar-refractivity contribution in [2.75, 3.05) is 0 Å². The third-order valence-electron chi connectivity index (χ3n) is 4.44. The lowest BCUT2D eigenvalue weighted by molar-refractivity contribution is -0.141. The number of aromatic nitrogens is 5. The molecule has 1 aromatic carbocycles. The SMILES string of the molecule is CCn1c(=O)n(-c2ccc(Oc3nc(C(F)(F)F)cn3C)cc2)c2ncccc21. The summed E-state index contributed by atoms with van der Waals surface area (Å²) in [5, 5.41) is 0. The number of alkyl halides is 3. The van der Waals surface area contributed by atoms with E-state index in [2.05, 4.69) is 9.97 Å². The van der Waals surface area contributed by atoms with Gasteiger partial charge in [-0.25, -0.2) is 14.3 Å². The molecule has 0 amide bonds. The van der Waals surface area contributed by atoms with Gasteiger partial charge in [0.15, 0.2) is 11.3 Å². The Morgan fingerprint density at radius 1 is 1.14 bits per heavy atom. The van der Waals surface area contributed by atoms with E-state index in [0.29, 0.717) is 23.4 Å². The fraction of sp³-hybridized carbons (Fsp3) is 0.211. The molecule has 10 heteroatoms. The predicted molar refractivity (Wildman–Crippen MR) is 99.3 cm³/mol. The molecule has 0 unspecified atom stereocenters. The smallest absolute Gasteiger partial charge is 0.426 e. The minimum Gasteiger partial charge on any atom is -0.426 e. The summed E-state index contributed by atoms with van der Waals surface area (Å²) in [6, 6.07) is 9.78. The van der Waals surface area contributed by atoms with Gasteiger partial charge in [0.2, 0.25) is 0 Å². The Kier molecular flexibility index (Phi) is 4.40. The summed E-state index contributed by atoms with van der Waals surface area (Å²) < 4.78 is 48.1. The number of hydrogen-bond donors (Lipinski definition) is 0. The zero-order valence-electron chi connectivity index (χ0n) is 15.5. The molecule has 0 fully saturated rings. The van der Waals surface area contributed by atoms with Crippen molar-refractivity contribution in [3.8, 4) is 17.4 Å². The summed E-state index contributed by atoms with van der Waals surface area (Å²) in [6.45, 7) is 2.37. The van der Waals surface area contributed by atoms with Crippen molar-refractivity contribution in [2.45, 2.75) is 19.6 Å². The number of nitrogens with zero attached hydrogens (tertiary/aromatic N) is 5. The van der Waals surface area contributed by atoms with E-state index in [1.165, 1.54) is 11.6 Å². The minimum absolute atomic E-state index is 0.188. The zero-order chi connectivity index (χ0) is 20.8. The molecule has 4 aromatic rings. The van der Waals surface area contributed by atoms with Gasteiger partial charge in [-0.3, -0.25) is 4.57 Å². The van der Waals surface area contributed by atoms with Gasteiger partial charge in [0.05, 0.1) is 11.2 Å². The summed E-state index contributed by atoms with van der Waals surface area (Å²) in [4.78, 5) is 20.6. The topological polar surface area (TPSA) is 66.9 Å². The van der Waals surface area contributed by atoms with Gasteiger partial charge in [-0.05, 0) is 43.3 Å². The zero-order valence-corrected chi connectivity index (χ0v) is 15.5. The van der Waals surface area contributed by atoms with Crippen LogP contribution in [-0.2, 0) is 19.8 Å². The molecular weight excluding hydrogens is 387 g/mol. The molecule has 0 radical (unpaired) electrons. The van der Waals surface area contributed by atoms with Crippen LogP contribution in [0.1, 0.15) is 12.6 Å². The number of ether oxygens (including phenoxy) is 1. The standard InChI is InChI=1S/C19H16F3N5O2/c1-3-26-14-5-4-10-23-16(14)27(18(26)28)12-6-8-13(9-7-12)29-17-24-15(11-25(17)2)19(20,21)22/h4-11H,3H2,1-2H3. The molecule has 0 saturated carbocycles. The average molecular weight is 403 g/mol. The Balaban J connectivity index is 1.68.